The topological polar surface area (TPSA) is 29.1 Å². The first kappa shape index (κ1) is 13.0. The average molecular weight is 310 g/mol. The molecule has 2 nitrogen and oxygen atoms in total. The highest BCUT2D eigenvalue weighted by Crippen LogP contribution is 2.93. The summed E-state index contributed by atoms with van der Waals surface area (Å²) in [6.45, 7) is 4.62. The van der Waals surface area contributed by atoms with E-state index in [1.165, 1.54) is 12.8 Å². The molecule has 0 unspecified atom stereocenters. The van der Waals surface area contributed by atoms with Crippen molar-refractivity contribution in [3.63, 3.8) is 0 Å². The normalized spacial score (nSPS) is 43.7. The van der Waals surface area contributed by atoms with E-state index in [0.29, 0.717) is 27.1 Å². The third kappa shape index (κ3) is 1.07. The second kappa shape index (κ2) is 3.53. The Balaban J connectivity index is 1.63. The van der Waals surface area contributed by atoms with Crippen LogP contribution < -0.4 is 5.32 Å². The van der Waals surface area contributed by atoms with Crippen molar-refractivity contribution < 1.29 is 4.79 Å². The van der Waals surface area contributed by atoms with Crippen LogP contribution in [0.3, 0.4) is 0 Å². The van der Waals surface area contributed by atoms with Gasteiger partial charge in [-0.15, -0.1) is 0 Å². The van der Waals surface area contributed by atoms with Crippen LogP contribution in [0.1, 0.15) is 33.1 Å². The van der Waals surface area contributed by atoms with Gasteiger partial charge >= 0.3 is 0 Å². The maximum absolute atomic E-state index is 12.8. The van der Waals surface area contributed by atoms with Crippen LogP contribution in [0.5, 0.6) is 0 Å². The Morgan fingerprint density at radius 2 is 2.10 bits per heavy atom. The lowest BCUT2D eigenvalue weighted by Gasteiger charge is -2.81. The van der Waals surface area contributed by atoms with Gasteiger partial charge in [-0.3, -0.25) is 4.79 Å². The van der Waals surface area contributed by atoms with Crippen molar-refractivity contribution in [1.29, 1.82) is 0 Å². The van der Waals surface area contributed by atoms with Crippen molar-refractivity contribution in [3.8, 4) is 0 Å². The van der Waals surface area contributed by atoms with E-state index in [9.17, 15) is 4.79 Å². The van der Waals surface area contributed by atoms with Crippen molar-refractivity contribution in [2.45, 2.75) is 33.1 Å². The number of anilines is 1. The largest absolute Gasteiger partial charge is 0.324 e. The lowest BCUT2D eigenvalue weighted by molar-refractivity contribution is -0.326. The van der Waals surface area contributed by atoms with E-state index in [2.05, 4.69) is 19.2 Å². The van der Waals surface area contributed by atoms with Gasteiger partial charge in [0.25, 0.3) is 0 Å². The SMILES string of the molecule is C[C@]12CC[C@H]3[C@]1(C)C[C@]32C(=O)Nc1cccc(Cl)c1Cl. The number of benzene rings is 1. The first-order chi connectivity index (χ1) is 9.37. The van der Waals surface area contributed by atoms with Crippen molar-refractivity contribution in [1.82, 2.24) is 0 Å². The van der Waals surface area contributed by atoms with Crippen LogP contribution in [0.15, 0.2) is 18.2 Å². The summed E-state index contributed by atoms with van der Waals surface area (Å²) >= 11 is 12.2. The van der Waals surface area contributed by atoms with E-state index in [1.807, 2.05) is 12.1 Å². The van der Waals surface area contributed by atoms with Crippen LogP contribution in [0.4, 0.5) is 5.69 Å². The van der Waals surface area contributed by atoms with Gasteiger partial charge in [-0.1, -0.05) is 43.1 Å². The molecule has 0 radical (unpaired) electrons. The Morgan fingerprint density at radius 1 is 1.35 bits per heavy atom. The highest BCUT2D eigenvalue weighted by atomic mass is 35.5. The number of nitrogens with one attached hydrogen (secondary N) is 1. The van der Waals surface area contributed by atoms with Gasteiger partial charge in [0.2, 0.25) is 5.91 Å². The summed E-state index contributed by atoms with van der Waals surface area (Å²) < 4.78 is 0. The van der Waals surface area contributed by atoms with Crippen molar-refractivity contribution in [2.75, 3.05) is 5.32 Å². The van der Waals surface area contributed by atoms with Crippen LogP contribution in [-0.2, 0) is 4.79 Å². The number of carbonyl (C=O) groups excluding carboxylic acids is 1. The molecule has 0 aromatic heterocycles. The molecule has 1 aromatic rings. The fraction of sp³-hybridized carbons (Fsp3) is 0.562. The molecular formula is C16H17Cl2NO. The zero-order valence-corrected chi connectivity index (χ0v) is 13.1. The molecule has 4 atom stereocenters. The van der Waals surface area contributed by atoms with Gasteiger partial charge in [-0.05, 0) is 48.1 Å². The number of halogens is 2. The molecule has 6 rings (SSSR count). The van der Waals surface area contributed by atoms with Gasteiger partial charge in [0, 0.05) is 0 Å². The molecule has 5 fully saturated rings. The second-order valence-corrected chi connectivity index (χ2v) is 7.83. The Morgan fingerprint density at radius 3 is 2.70 bits per heavy atom. The molecular weight excluding hydrogens is 293 g/mol. The van der Waals surface area contributed by atoms with E-state index < -0.39 is 0 Å². The molecule has 4 heteroatoms. The smallest absolute Gasteiger partial charge is 0.231 e. The van der Waals surface area contributed by atoms with Gasteiger partial charge in [0.15, 0.2) is 0 Å². The average Bonchev–Trinajstić information content (AvgIpc) is 2.78. The molecule has 5 aliphatic rings. The molecule has 20 heavy (non-hydrogen) atoms. The maximum atomic E-state index is 12.8. The zero-order chi connectivity index (χ0) is 14.3. The summed E-state index contributed by atoms with van der Waals surface area (Å²) in [4.78, 5) is 12.8. The third-order valence-electron chi connectivity index (χ3n) is 6.79. The third-order valence-corrected chi connectivity index (χ3v) is 7.61. The summed E-state index contributed by atoms with van der Waals surface area (Å²) in [7, 11) is 0. The zero-order valence-electron chi connectivity index (χ0n) is 11.6. The van der Waals surface area contributed by atoms with Gasteiger partial charge in [-0.2, -0.15) is 0 Å². The van der Waals surface area contributed by atoms with Crippen molar-refractivity contribution in [3.05, 3.63) is 28.2 Å². The van der Waals surface area contributed by atoms with E-state index in [4.69, 9.17) is 23.2 Å². The number of rotatable bonds is 2. The predicted octanol–water partition coefficient (Wildman–Crippen LogP) is 4.76. The minimum atomic E-state index is -0.159. The maximum Gasteiger partial charge on any atom is 0.231 e. The Labute approximate surface area is 128 Å². The summed E-state index contributed by atoms with van der Waals surface area (Å²) in [5.74, 6) is 0.688. The molecule has 0 aliphatic heterocycles. The summed E-state index contributed by atoms with van der Waals surface area (Å²) in [5.41, 5.74) is 1.04. The number of fused-ring (bicyclic) bond motifs is 1. The van der Waals surface area contributed by atoms with Crippen molar-refractivity contribution >= 4 is 34.8 Å². The molecule has 0 saturated heterocycles. The molecule has 1 amide bonds. The minimum Gasteiger partial charge on any atom is -0.324 e. The molecule has 1 aromatic carbocycles. The summed E-state index contributed by atoms with van der Waals surface area (Å²) in [6, 6.07) is 5.35. The van der Waals surface area contributed by atoms with E-state index in [1.54, 1.807) is 6.07 Å². The highest BCUT2D eigenvalue weighted by molar-refractivity contribution is 6.44. The van der Waals surface area contributed by atoms with Crippen LogP contribution in [-0.4, -0.2) is 5.91 Å². The Kier molecular flexibility index (Phi) is 2.29. The molecule has 5 saturated carbocycles. The van der Waals surface area contributed by atoms with Gasteiger partial charge < -0.3 is 5.32 Å². The van der Waals surface area contributed by atoms with E-state index in [0.717, 1.165) is 6.42 Å². The monoisotopic (exact) mass is 309 g/mol. The molecule has 0 spiro atoms. The van der Waals surface area contributed by atoms with Crippen molar-refractivity contribution in [2.24, 2.45) is 22.2 Å². The van der Waals surface area contributed by atoms with E-state index in [-0.39, 0.29) is 16.7 Å². The lowest BCUT2D eigenvalue weighted by Crippen LogP contribution is -2.81. The second-order valence-electron chi connectivity index (χ2n) is 7.04. The number of carbonyl (C=O) groups is 1. The first-order valence-corrected chi connectivity index (χ1v) is 7.88. The first-order valence-electron chi connectivity index (χ1n) is 7.12. The Hall–Kier alpha value is -0.730. The van der Waals surface area contributed by atoms with E-state index >= 15 is 0 Å². The van der Waals surface area contributed by atoms with Gasteiger partial charge in [-0.25, -0.2) is 0 Å². The quantitative estimate of drug-likeness (QED) is 0.838. The van der Waals surface area contributed by atoms with Crippen LogP contribution >= 0.6 is 23.2 Å². The fourth-order valence-corrected chi connectivity index (χ4v) is 5.90. The van der Waals surface area contributed by atoms with Crippen LogP contribution in [0, 0.1) is 22.2 Å². The molecule has 0 heterocycles. The Bertz CT molecular complexity index is 645. The van der Waals surface area contributed by atoms with Crippen LogP contribution in [0.25, 0.3) is 0 Å². The number of hydrogen-bond acceptors (Lipinski definition) is 1. The molecule has 106 valence electrons. The standard InChI is InChI=1S/C16H17Cl2NO/c1-14-8-16(11(14)6-7-15(14,16)2)13(20)19-10-5-3-4-9(17)12(10)18/h3-5,11H,6-8H2,1-2H3,(H,19,20)/t11-,14-,15-,16+/m0/s1. The van der Waals surface area contributed by atoms with Crippen LogP contribution in [0.2, 0.25) is 10.0 Å². The number of amides is 1. The molecule has 5 aliphatic carbocycles. The highest BCUT2D eigenvalue weighted by Gasteiger charge is 2.91. The fourth-order valence-electron chi connectivity index (χ4n) is 5.55. The predicted molar refractivity (Wildman–Crippen MR) is 81.1 cm³/mol. The molecule has 4 bridgehead atoms. The molecule has 1 N–H and O–H groups in total. The van der Waals surface area contributed by atoms with Gasteiger partial charge in [0.05, 0.1) is 21.1 Å². The summed E-state index contributed by atoms with van der Waals surface area (Å²) in [6.07, 6.45) is 3.37. The number of hydrogen-bond donors (Lipinski definition) is 1. The summed E-state index contributed by atoms with van der Waals surface area (Å²) in [5, 5.41) is 3.92. The minimum absolute atomic E-state index is 0.135. The lowest BCUT2D eigenvalue weighted by atomic mass is 9.21. The van der Waals surface area contributed by atoms with Gasteiger partial charge in [0.1, 0.15) is 0 Å².